The van der Waals surface area contributed by atoms with Gasteiger partial charge in [-0.3, -0.25) is 0 Å². The molecular weight excluding hydrogens is 524 g/mol. The third-order valence-electron chi connectivity index (χ3n) is 8.37. The summed E-state index contributed by atoms with van der Waals surface area (Å²) in [7, 11) is 0. The van der Waals surface area contributed by atoms with Crippen molar-refractivity contribution in [1.82, 2.24) is 10.6 Å². The Hall–Kier alpha value is -2.70. The lowest BCUT2D eigenvalue weighted by molar-refractivity contribution is 0.0568. The van der Waals surface area contributed by atoms with Crippen LogP contribution in [0.1, 0.15) is 94.8 Å². The highest BCUT2D eigenvalue weighted by atomic mass is 16.5. The SMILES string of the molecule is CC(CNC(C)(C)C)Oc1ccc2cc(C(C)(C)C(C)(C)N[C@H]3C[C@@H](Oc4cccc(OCC(C)(C)C)c4)C3)oc2c1. The van der Waals surface area contributed by atoms with Crippen LogP contribution in [0.4, 0.5) is 0 Å². The lowest BCUT2D eigenvalue weighted by Crippen LogP contribution is -2.61. The van der Waals surface area contributed by atoms with E-state index in [1.54, 1.807) is 0 Å². The van der Waals surface area contributed by atoms with Crippen LogP contribution < -0.4 is 24.8 Å². The molecule has 1 heterocycles. The Morgan fingerprint density at radius 1 is 0.857 bits per heavy atom. The highest BCUT2D eigenvalue weighted by Crippen LogP contribution is 2.40. The number of benzene rings is 2. The van der Waals surface area contributed by atoms with Gasteiger partial charge in [-0.25, -0.2) is 0 Å². The van der Waals surface area contributed by atoms with Crippen LogP contribution in [0, 0.1) is 5.41 Å². The second-order valence-electron chi connectivity index (χ2n) is 15.5. The molecule has 0 spiro atoms. The molecule has 1 aliphatic rings. The molecule has 1 saturated carbocycles. The minimum Gasteiger partial charge on any atom is -0.493 e. The van der Waals surface area contributed by atoms with Gasteiger partial charge in [0.05, 0.1) is 6.61 Å². The van der Waals surface area contributed by atoms with E-state index in [2.05, 4.69) is 98.9 Å². The van der Waals surface area contributed by atoms with E-state index in [-0.39, 0.29) is 34.1 Å². The van der Waals surface area contributed by atoms with Gasteiger partial charge in [-0.15, -0.1) is 0 Å². The zero-order valence-corrected chi connectivity index (χ0v) is 27.8. The Kier molecular flexibility index (Phi) is 9.30. The lowest BCUT2D eigenvalue weighted by atomic mass is 9.71. The summed E-state index contributed by atoms with van der Waals surface area (Å²) in [5.41, 5.74) is 0.579. The monoisotopic (exact) mass is 578 g/mol. The predicted molar refractivity (Wildman–Crippen MR) is 173 cm³/mol. The van der Waals surface area contributed by atoms with Gasteiger partial charge in [-0.1, -0.05) is 40.7 Å². The average molecular weight is 579 g/mol. The van der Waals surface area contributed by atoms with Gasteiger partial charge >= 0.3 is 0 Å². The topological polar surface area (TPSA) is 64.9 Å². The first-order valence-corrected chi connectivity index (χ1v) is 15.5. The summed E-state index contributed by atoms with van der Waals surface area (Å²) < 4.78 is 24.9. The van der Waals surface area contributed by atoms with Crippen molar-refractivity contribution in [3.63, 3.8) is 0 Å². The van der Waals surface area contributed by atoms with E-state index in [0.29, 0.717) is 12.6 Å². The average Bonchev–Trinajstić information content (AvgIpc) is 3.28. The standard InChI is InChI=1S/C36H54N2O4/c1-24(22-37-34(5,6)7)40-29-16-15-25-17-32(42-31(25)21-29)35(8,9)36(10,11)38-26-18-30(19-26)41-28-14-12-13-27(20-28)39-23-33(2,3)4/h12-17,20-21,24,26,30,37-38H,18-19,22-23H2,1-11H3/t24?,26-,30+. The van der Waals surface area contributed by atoms with E-state index in [0.717, 1.165) is 53.4 Å². The van der Waals surface area contributed by atoms with Crippen molar-refractivity contribution in [2.24, 2.45) is 5.41 Å². The number of furan rings is 1. The van der Waals surface area contributed by atoms with E-state index >= 15 is 0 Å². The van der Waals surface area contributed by atoms with Crippen molar-refractivity contribution in [3.8, 4) is 17.2 Å². The lowest BCUT2D eigenvalue weighted by Gasteiger charge is -2.47. The number of ether oxygens (including phenoxy) is 3. The molecule has 1 unspecified atom stereocenters. The van der Waals surface area contributed by atoms with Crippen molar-refractivity contribution in [2.45, 2.75) is 124 Å². The van der Waals surface area contributed by atoms with E-state index in [1.165, 1.54) is 0 Å². The number of hydrogen-bond donors (Lipinski definition) is 2. The molecule has 4 rings (SSSR count). The Balaban J connectivity index is 1.33. The number of nitrogens with one attached hydrogen (secondary N) is 2. The second-order valence-corrected chi connectivity index (χ2v) is 15.5. The van der Waals surface area contributed by atoms with Gasteiger partial charge in [0.25, 0.3) is 0 Å². The zero-order valence-electron chi connectivity index (χ0n) is 27.8. The van der Waals surface area contributed by atoms with Crippen molar-refractivity contribution in [2.75, 3.05) is 13.2 Å². The molecule has 0 bridgehead atoms. The Labute approximate surface area is 253 Å². The Bertz CT molecular complexity index is 1320. The van der Waals surface area contributed by atoms with Crippen LogP contribution in [0.25, 0.3) is 11.0 Å². The third-order valence-corrected chi connectivity index (χ3v) is 8.37. The molecule has 0 radical (unpaired) electrons. The van der Waals surface area contributed by atoms with Gasteiger partial charge < -0.3 is 29.3 Å². The van der Waals surface area contributed by atoms with Crippen molar-refractivity contribution < 1.29 is 18.6 Å². The van der Waals surface area contributed by atoms with Crippen molar-refractivity contribution in [3.05, 3.63) is 54.3 Å². The highest BCUT2D eigenvalue weighted by molar-refractivity contribution is 5.79. The third kappa shape index (κ3) is 8.44. The molecule has 6 nitrogen and oxygen atoms in total. The van der Waals surface area contributed by atoms with Crippen LogP contribution in [0.3, 0.4) is 0 Å². The molecule has 3 aromatic rings. The normalized spacial score (nSPS) is 18.9. The Morgan fingerprint density at radius 2 is 1.55 bits per heavy atom. The van der Waals surface area contributed by atoms with Gasteiger partial charge in [0.15, 0.2) is 0 Å². The summed E-state index contributed by atoms with van der Waals surface area (Å²) in [6.45, 7) is 25.6. The number of rotatable bonds is 12. The van der Waals surface area contributed by atoms with Crippen LogP contribution in [0.2, 0.25) is 0 Å². The van der Waals surface area contributed by atoms with Crippen molar-refractivity contribution >= 4 is 11.0 Å². The quantitative estimate of drug-likeness (QED) is 0.226. The van der Waals surface area contributed by atoms with Crippen LogP contribution in [0.5, 0.6) is 17.2 Å². The fourth-order valence-electron chi connectivity index (χ4n) is 5.02. The molecule has 42 heavy (non-hydrogen) atoms. The van der Waals surface area contributed by atoms with Crippen LogP contribution >= 0.6 is 0 Å². The molecule has 2 N–H and O–H groups in total. The van der Waals surface area contributed by atoms with Crippen LogP contribution in [0.15, 0.2) is 52.9 Å². The Morgan fingerprint density at radius 3 is 2.21 bits per heavy atom. The maximum absolute atomic E-state index is 6.47. The summed E-state index contributed by atoms with van der Waals surface area (Å²) in [6, 6.07) is 16.7. The molecule has 1 aliphatic carbocycles. The van der Waals surface area contributed by atoms with E-state index in [1.807, 2.05) is 36.4 Å². The fourth-order valence-corrected chi connectivity index (χ4v) is 5.02. The van der Waals surface area contributed by atoms with E-state index < -0.39 is 0 Å². The minimum atomic E-state index is -0.248. The van der Waals surface area contributed by atoms with Crippen molar-refractivity contribution in [1.29, 1.82) is 0 Å². The predicted octanol–water partition coefficient (Wildman–Crippen LogP) is 8.27. The molecule has 232 valence electrons. The largest absolute Gasteiger partial charge is 0.493 e. The van der Waals surface area contributed by atoms with E-state index in [4.69, 9.17) is 18.6 Å². The zero-order chi connectivity index (χ0) is 30.9. The molecular formula is C36H54N2O4. The molecule has 1 aromatic heterocycles. The van der Waals surface area contributed by atoms with Gasteiger partial charge in [-0.2, -0.15) is 0 Å². The summed E-state index contributed by atoms with van der Waals surface area (Å²) in [5, 5.41) is 8.50. The molecule has 0 saturated heterocycles. The molecule has 1 fully saturated rings. The van der Waals surface area contributed by atoms with Gasteiger partial charge in [0.1, 0.15) is 40.8 Å². The molecule has 0 aliphatic heterocycles. The van der Waals surface area contributed by atoms with E-state index in [9.17, 15) is 0 Å². The first kappa shape index (κ1) is 32.2. The van der Waals surface area contributed by atoms with Gasteiger partial charge in [-0.05, 0) is 90.1 Å². The summed E-state index contributed by atoms with van der Waals surface area (Å²) in [4.78, 5) is 0. The van der Waals surface area contributed by atoms with Crippen LogP contribution in [-0.2, 0) is 5.41 Å². The smallest absolute Gasteiger partial charge is 0.137 e. The minimum absolute atomic E-state index is 0.0525. The maximum atomic E-state index is 6.47. The second kappa shape index (κ2) is 12.1. The molecule has 0 amide bonds. The van der Waals surface area contributed by atoms with Crippen LogP contribution in [-0.4, -0.2) is 42.5 Å². The number of fused-ring (bicyclic) bond motifs is 1. The summed E-state index contributed by atoms with van der Waals surface area (Å²) in [5.74, 6) is 3.52. The molecule has 1 atom stereocenters. The number of hydrogen-bond acceptors (Lipinski definition) is 6. The molecule has 2 aromatic carbocycles. The fraction of sp³-hybridized carbons (Fsp3) is 0.611. The summed E-state index contributed by atoms with van der Waals surface area (Å²) >= 11 is 0. The van der Waals surface area contributed by atoms with Gasteiger partial charge in [0.2, 0.25) is 0 Å². The first-order chi connectivity index (χ1) is 19.4. The first-order valence-electron chi connectivity index (χ1n) is 15.5. The summed E-state index contributed by atoms with van der Waals surface area (Å²) in [6.07, 6.45) is 2.19. The van der Waals surface area contributed by atoms with Gasteiger partial charge in [0, 0.05) is 46.6 Å². The highest BCUT2D eigenvalue weighted by Gasteiger charge is 2.44. The maximum Gasteiger partial charge on any atom is 0.137 e. The molecule has 6 heteroatoms.